The van der Waals surface area contributed by atoms with Crippen molar-refractivity contribution in [3.05, 3.63) is 36.1 Å². The van der Waals surface area contributed by atoms with Gasteiger partial charge in [0.05, 0.1) is 0 Å². The van der Waals surface area contributed by atoms with E-state index >= 15 is 0 Å². The maximum absolute atomic E-state index is 13.4. The minimum atomic E-state index is -0.308. The second-order valence-electron chi connectivity index (χ2n) is 3.13. The summed E-state index contributed by atoms with van der Waals surface area (Å²) in [5, 5.41) is 0.524. The maximum Gasteiger partial charge on any atom is 0.223 e. The van der Waals surface area contributed by atoms with Crippen LogP contribution in [0.3, 0.4) is 0 Å². The van der Waals surface area contributed by atoms with E-state index < -0.39 is 0 Å². The Morgan fingerprint density at radius 1 is 1.24 bits per heavy atom. The molecule has 0 aliphatic carbocycles. The molecule has 0 bridgehead atoms. The van der Waals surface area contributed by atoms with Crippen LogP contribution in [0.1, 0.15) is 0 Å². The highest BCUT2D eigenvalue weighted by Crippen LogP contribution is 2.29. The van der Waals surface area contributed by atoms with E-state index in [0.29, 0.717) is 15.7 Å². The molecule has 0 fully saturated rings. The van der Waals surface area contributed by atoms with Crippen LogP contribution in [0.25, 0.3) is 0 Å². The normalized spacial score (nSPS) is 10.2. The van der Waals surface area contributed by atoms with Gasteiger partial charge in [-0.05, 0) is 12.1 Å². The van der Waals surface area contributed by atoms with Crippen molar-refractivity contribution in [2.75, 3.05) is 11.2 Å². The van der Waals surface area contributed by atoms with Crippen LogP contribution in [0.4, 0.5) is 16.2 Å². The van der Waals surface area contributed by atoms with Gasteiger partial charge in [0.15, 0.2) is 0 Å². The zero-order valence-corrected chi connectivity index (χ0v) is 9.54. The maximum atomic E-state index is 13.4. The predicted molar refractivity (Wildman–Crippen MR) is 64.8 cm³/mol. The Morgan fingerprint density at radius 2 is 2.00 bits per heavy atom. The standard InChI is InChI=1S/C10H10FN5S/c11-6-3-1-2-4-7(6)17-9-5-8(16-13)14-10(12)15-9/h1-5H,13H2,(H3,12,14,15,16). The summed E-state index contributed by atoms with van der Waals surface area (Å²) in [4.78, 5) is 8.29. The number of rotatable bonds is 3. The average Bonchev–Trinajstić information content (AvgIpc) is 2.31. The van der Waals surface area contributed by atoms with Crippen LogP contribution in [0.2, 0.25) is 0 Å². The fourth-order valence-corrected chi connectivity index (χ4v) is 2.06. The summed E-state index contributed by atoms with van der Waals surface area (Å²) in [6, 6.07) is 8.01. The van der Waals surface area contributed by atoms with Crippen molar-refractivity contribution in [1.29, 1.82) is 0 Å². The number of hydrogen-bond donors (Lipinski definition) is 3. The predicted octanol–water partition coefficient (Wildman–Crippen LogP) is 1.63. The Morgan fingerprint density at radius 3 is 2.71 bits per heavy atom. The quantitative estimate of drug-likeness (QED) is 0.436. The number of anilines is 2. The number of nitrogens with one attached hydrogen (secondary N) is 1. The van der Waals surface area contributed by atoms with Crippen LogP contribution in [0, 0.1) is 5.82 Å². The lowest BCUT2D eigenvalue weighted by atomic mass is 10.3. The van der Waals surface area contributed by atoms with E-state index in [0.717, 1.165) is 11.8 Å². The van der Waals surface area contributed by atoms with Gasteiger partial charge in [-0.1, -0.05) is 23.9 Å². The summed E-state index contributed by atoms with van der Waals surface area (Å²) in [7, 11) is 0. The molecule has 2 aromatic rings. The third kappa shape index (κ3) is 2.83. The first-order valence-electron chi connectivity index (χ1n) is 4.72. The van der Waals surface area contributed by atoms with E-state index in [9.17, 15) is 4.39 Å². The summed E-state index contributed by atoms with van der Waals surface area (Å²) in [5.74, 6) is 5.39. The molecule has 0 saturated carbocycles. The minimum absolute atomic E-state index is 0.0827. The number of hydrogen-bond acceptors (Lipinski definition) is 6. The molecule has 0 saturated heterocycles. The van der Waals surface area contributed by atoms with Gasteiger partial charge in [-0.25, -0.2) is 15.2 Å². The van der Waals surface area contributed by atoms with Crippen molar-refractivity contribution in [1.82, 2.24) is 9.97 Å². The lowest BCUT2D eigenvalue weighted by Crippen LogP contribution is -2.10. The zero-order chi connectivity index (χ0) is 12.3. The molecule has 1 aromatic heterocycles. The Bertz CT molecular complexity index is 534. The SMILES string of the molecule is NNc1cc(Sc2ccccc2F)nc(N)n1. The van der Waals surface area contributed by atoms with Gasteiger partial charge in [-0.2, -0.15) is 4.98 Å². The number of aromatic nitrogens is 2. The van der Waals surface area contributed by atoms with E-state index in [4.69, 9.17) is 11.6 Å². The van der Waals surface area contributed by atoms with Crippen molar-refractivity contribution in [2.24, 2.45) is 5.84 Å². The van der Waals surface area contributed by atoms with E-state index in [2.05, 4.69) is 15.4 Å². The van der Waals surface area contributed by atoms with Gasteiger partial charge in [-0.15, -0.1) is 0 Å². The summed E-state index contributed by atoms with van der Waals surface area (Å²) >= 11 is 1.16. The molecule has 1 heterocycles. The van der Waals surface area contributed by atoms with Crippen LogP contribution >= 0.6 is 11.8 Å². The smallest absolute Gasteiger partial charge is 0.223 e. The molecule has 0 radical (unpaired) electrons. The summed E-state index contributed by atoms with van der Waals surface area (Å²) < 4.78 is 13.4. The van der Waals surface area contributed by atoms with Gasteiger partial charge >= 0.3 is 0 Å². The molecule has 0 spiro atoms. The second-order valence-corrected chi connectivity index (χ2v) is 4.19. The Labute approximate surface area is 101 Å². The molecular formula is C10H10FN5S. The number of nitrogens with zero attached hydrogens (tertiary/aromatic N) is 2. The van der Waals surface area contributed by atoms with Crippen molar-refractivity contribution in [3.63, 3.8) is 0 Å². The summed E-state index contributed by atoms with van der Waals surface area (Å²) in [6.07, 6.45) is 0. The molecule has 5 nitrogen and oxygen atoms in total. The number of hydrazine groups is 1. The van der Waals surface area contributed by atoms with Gasteiger partial charge in [0.2, 0.25) is 5.95 Å². The second kappa shape index (κ2) is 4.98. The molecule has 2 rings (SSSR count). The van der Waals surface area contributed by atoms with Crippen LogP contribution in [0.5, 0.6) is 0 Å². The molecule has 0 aliphatic heterocycles. The molecule has 0 aliphatic rings. The first kappa shape index (κ1) is 11.6. The highest BCUT2D eigenvalue weighted by molar-refractivity contribution is 7.99. The van der Waals surface area contributed by atoms with Gasteiger partial charge in [0.1, 0.15) is 16.7 Å². The summed E-state index contributed by atoms with van der Waals surface area (Å²) in [6.45, 7) is 0. The minimum Gasteiger partial charge on any atom is -0.368 e. The van der Waals surface area contributed by atoms with Gasteiger partial charge in [-0.3, -0.25) is 0 Å². The molecule has 17 heavy (non-hydrogen) atoms. The van der Waals surface area contributed by atoms with Gasteiger partial charge < -0.3 is 11.2 Å². The third-order valence-corrected chi connectivity index (χ3v) is 2.89. The number of halogens is 1. The molecule has 88 valence electrons. The van der Waals surface area contributed by atoms with E-state index in [1.807, 2.05) is 0 Å². The molecule has 1 aromatic carbocycles. The third-order valence-electron chi connectivity index (χ3n) is 1.92. The topological polar surface area (TPSA) is 89.8 Å². The fraction of sp³-hybridized carbons (Fsp3) is 0. The van der Waals surface area contributed by atoms with Gasteiger partial charge in [0, 0.05) is 11.0 Å². The van der Waals surface area contributed by atoms with Crippen molar-refractivity contribution < 1.29 is 4.39 Å². The van der Waals surface area contributed by atoms with Crippen molar-refractivity contribution in [2.45, 2.75) is 9.92 Å². The van der Waals surface area contributed by atoms with Crippen molar-refractivity contribution >= 4 is 23.5 Å². The lowest BCUT2D eigenvalue weighted by molar-refractivity contribution is 0.602. The van der Waals surface area contributed by atoms with E-state index in [-0.39, 0.29) is 11.8 Å². The van der Waals surface area contributed by atoms with Crippen LogP contribution in [0.15, 0.2) is 40.3 Å². The molecule has 0 amide bonds. The van der Waals surface area contributed by atoms with E-state index in [1.165, 1.54) is 6.07 Å². The number of nitrogens with two attached hydrogens (primary N) is 2. The molecule has 7 heteroatoms. The highest BCUT2D eigenvalue weighted by atomic mass is 32.2. The van der Waals surface area contributed by atoms with Crippen LogP contribution in [-0.4, -0.2) is 9.97 Å². The van der Waals surface area contributed by atoms with Crippen LogP contribution < -0.4 is 17.0 Å². The lowest BCUT2D eigenvalue weighted by Gasteiger charge is -2.05. The fourth-order valence-electron chi connectivity index (χ4n) is 1.21. The molecule has 5 N–H and O–H groups in total. The number of nitrogen functional groups attached to an aromatic ring is 2. The first-order chi connectivity index (χ1) is 8.19. The Kier molecular flexibility index (Phi) is 3.40. The summed E-state index contributed by atoms with van der Waals surface area (Å²) in [5.41, 5.74) is 7.87. The highest BCUT2D eigenvalue weighted by Gasteiger charge is 2.06. The molecular weight excluding hydrogens is 241 g/mol. The monoisotopic (exact) mass is 251 g/mol. The largest absolute Gasteiger partial charge is 0.368 e. The van der Waals surface area contributed by atoms with E-state index in [1.54, 1.807) is 24.3 Å². The zero-order valence-electron chi connectivity index (χ0n) is 8.72. The average molecular weight is 251 g/mol. The molecule has 0 atom stereocenters. The first-order valence-corrected chi connectivity index (χ1v) is 5.54. The van der Waals surface area contributed by atoms with Gasteiger partial charge in [0.25, 0.3) is 0 Å². The number of benzene rings is 1. The Hall–Kier alpha value is -1.86. The Balaban J connectivity index is 2.30. The van der Waals surface area contributed by atoms with Crippen molar-refractivity contribution in [3.8, 4) is 0 Å². The van der Waals surface area contributed by atoms with Crippen LogP contribution in [-0.2, 0) is 0 Å². The molecule has 0 unspecified atom stereocenters.